The highest BCUT2D eigenvalue weighted by molar-refractivity contribution is 14.1. The van der Waals surface area contributed by atoms with Gasteiger partial charge in [-0.3, -0.25) is 9.36 Å². The van der Waals surface area contributed by atoms with Crippen molar-refractivity contribution >= 4 is 34.3 Å². The molecule has 0 aliphatic heterocycles. The number of imidazole rings is 1. The number of nitrogens with one attached hydrogen (secondary N) is 2. The molecule has 0 atom stereocenters. The zero-order valence-corrected chi connectivity index (χ0v) is 16.7. The summed E-state index contributed by atoms with van der Waals surface area (Å²) in [5.41, 5.74) is 2.66. The van der Waals surface area contributed by atoms with E-state index in [1.54, 1.807) is 6.33 Å². The lowest BCUT2D eigenvalue weighted by molar-refractivity contribution is 0.0955. The molecule has 0 radical (unpaired) electrons. The van der Waals surface area contributed by atoms with E-state index in [-0.39, 0.29) is 5.91 Å². The van der Waals surface area contributed by atoms with Gasteiger partial charge in [-0.05, 0) is 60.7 Å². The molecule has 2 heterocycles. The molecule has 134 valence electrons. The van der Waals surface area contributed by atoms with E-state index in [9.17, 15) is 4.79 Å². The fraction of sp³-hybridized carbons (Fsp3) is 0.222. The van der Waals surface area contributed by atoms with Crippen LogP contribution in [0.1, 0.15) is 21.7 Å². The lowest BCUT2D eigenvalue weighted by atomic mass is 10.2. The van der Waals surface area contributed by atoms with E-state index in [2.05, 4.69) is 48.2 Å². The van der Waals surface area contributed by atoms with Crippen LogP contribution in [0.4, 0.5) is 5.82 Å². The summed E-state index contributed by atoms with van der Waals surface area (Å²) in [5, 5.41) is 6.08. The second-order valence-corrected chi connectivity index (χ2v) is 6.98. The highest BCUT2D eigenvalue weighted by Gasteiger charge is 2.07. The maximum Gasteiger partial charge on any atom is 0.251 e. The molecule has 0 aliphatic carbocycles. The fourth-order valence-electron chi connectivity index (χ4n) is 2.38. The first kappa shape index (κ1) is 18.3. The van der Waals surface area contributed by atoms with Crippen molar-refractivity contribution in [2.45, 2.75) is 13.8 Å². The van der Waals surface area contributed by atoms with Crippen LogP contribution in [-0.4, -0.2) is 38.5 Å². The van der Waals surface area contributed by atoms with Crippen molar-refractivity contribution in [3.8, 4) is 5.82 Å². The molecule has 3 aromatic rings. The highest BCUT2D eigenvalue weighted by Crippen LogP contribution is 2.13. The van der Waals surface area contributed by atoms with Gasteiger partial charge in [0.1, 0.15) is 24.3 Å². The minimum atomic E-state index is -0.0870. The molecular weight excluding hydrogens is 443 g/mol. The first-order chi connectivity index (χ1) is 12.5. The van der Waals surface area contributed by atoms with Crippen molar-refractivity contribution in [3.05, 3.63) is 63.5 Å². The van der Waals surface area contributed by atoms with Crippen LogP contribution in [0.2, 0.25) is 0 Å². The molecule has 0 aliphatic rings. The Kier molecular flexibility index (Phi) is 5.82. The number of nitrogens with zero attached hydrogens (tertiary/aromatic N) is 4. The number of aromatic nitrogens is 4. The van der Waals surface area contributed by atoms with Gasteiger partial charge in [0.15, 0.2) is 0 Å². The van der Waals surface area contributed by atoms with Crippen molar-refractivity contribution in [2.24, 2.45) is 0 Å². The zero-order valence-electron chi connectivity index (χ0n) is 14.5. The van der Waals surface area contributed by atoms with Gasteiger partial charge in [-0.15, -0.1) is 0 Å². The molecule has 7 nitrogen and oxygen atoms in total. The average molecular weight is 462 g/mol. The van der Waals surface area contributed by atoms with Crippen LogP contribution in [-0.2, 0) is 0 Å². The number of carbonyl (C=O) groups is 1. The molecule has 0 fully saturated rings. The molecule has 2 aromatic heterocycles. The molecule has 3 rings (SSSR count). The number of hydrogen-bond acceptors (Lipinski definition) is 5. The first-order valence-corrected chi connectivity index (χ1v) is 9.23. The SMILES string of the molecule is Cc1ncn(-c2cc(NCCNC(=O)c3ccc(I)cc3)ncn2)c1C. The third-order valence-corrected chi connectivity index (χ3v) is 4.69. The summed E-state index contributed by atoms with van der Waals surface area (Å²) in [6.07, 6.45) is 3.26. The van der Waals surface area contributed by atoms with Gasteiger partial charge in [0.05, 0.1) is 5.69 Å². The summed E-state index contributed by atoms with van der Waals surface area (Å²) < 4.78 is 3.02. The number of benzene rings is 1. The minimum Gasteiger partial charge on any atom is -0.368 e. The normalized spacial score (nSPS) is 10.6. The second-order valence-electron chi connectivity index (χ2n) is 5.74. The molecule has 0 bridgehead atoms. The van der Waals surface area contributed by atoms with E-state index in [0.717, 1.165) is 20.8 Å². The van der Waals surface area contributed by atoms with Gasteiger partial charge in [-0.1, -0.05) is 0 Å². The third kappa shape index (κ3) is 4.37. The number of hydrogen-bond donors (Lipinski definition) is 2. The molecule has 0 saturated carbocycles. The third-order valence-electron chi connectivity index (χ3n) is 3.97. The van der Waals surface area contributed by atoms with Crippen molar-refractivity contribution < 1.29 is 4.79 Å². The van der Waals surface area contributed by atoms with Crippen LogP contribution in [0.3, 0.4) is 0 Å². The van der Waals surface area contributed by atoms with Crippen LogP contribution in [0.15, 0.2) is 43.0 Å². The van der Waals surface area contributed by atoms with E-state index in [0.29, 0.717) is 24.5 Å². The monoisotopic (exact) mass is 462 g/mol. The molecular formula is C18H19IN6O. The van der Waals surface area contributed by atoms with Crippen molar-refractivity contribution in [1.82, 2.24) is 24.8 Å². The number of aryl methyl sites for hydroxylation is 1. The number of halogens is 1. The molecule has 8 heteroatoms. The lowest BCUT2D eigenvalue weighted by Crippen LogP contribution is -2.28. The Hall–Kier alpha value is -2.49. The first-order valence-electron chi connectivity index (χ1n) is 8.15. The molecule has 1 amide bonds. The van der Waals surface area contributed by atoms with Crippen molar-refractivity contribution in [1.29, 1.82) is 0 Å². The predicted molar refractivity (Wildman–Crippen MR) is 109 cm³/mol. The van der Waals surface area contributed by atoms with Gasteiger partial charge < -0.3 is 10.6 Å². The Bertz CT molecular complexity index is 906. The quantitative estimate of drug-likeness (QED) is 0.435. The molecule has 26 heavy (non-hydrogen) atoms. The Morgan fingerprint density at radius 3 is 2.58 bits per heavy atom. The maximum absolute atomic E-state index is 12.1. The topological polar surface area (TPSA) is 84.7 Å². The average Bonchev–Trinajstić information content (AvgIpc) is 2.98. The number of anilines is 1. The number of carbonyl (C=O) groups excluding carboxylic acids is 1. The Balaban J connectivity index is 1.54. The summed E-state index contributed by atoms with van der Waals surface area (Å²) in [6, 6.07) is 9.31. The van der Waals surface area contributed by atoms with Gasteiger partial charge in [0, 0.05) is 34.0 Å². The van der Waals surface area contributed by atoms with Crippen molar-refractivity contribution in [3.63, 3.8) is 0 Å². The lowest BCUT2D eigenvalue weighted by Gasteiger charge is -2.09. The zero-order chi connectivity index (χ0) is 18.5. The summed E-state index contributed by atoms with van der Waals surface area (Å²) in [5.74, 6) is 1.36. The summed E-state index contributed by atoms with van der Waals surface area (Å²) >= 11 is 2.21. The molecule has 2 N–H and O–H groups in total. The minimum absolute atomic E-state index is 0.0870. The largest absolute Gasteiger partial charge is 0.368 e. The van der Waals surface area contributed by atoms with E-state index in [1.807, 2.05) is 48.7 Å². The van der Waals surface area contributed by atoms with Crippen LogP contribution in [0.5, 0.6) is 0 Å². The number of rotatable bonds is 6. The van der Waals surface area contributed by atoms with E-state index < -0.39 is 0 Å². The molecule has 0 unspecified atom stereocenters. The standard InChI is InChI=1S/C18H19IN6O/c1-12-13(2)25(11-24-12)17-9-16(22-10-23-17)20-7-8-21-18(26)14-3-5-15(19)6-4-14/h3-6,9-11H,7-8H2,1-2H3,(H,21,26)(H,20,22,23). The van der Waals surface area contributed by atoms with Crippen LogP contribution in [0, 0.1) is 17.4 Å². The van der Waals surface area contributed by atoms with E-state index >= 15 is 0 Å². The van der Waals surface area contributed by atoms with Gasteiger partial charge in [-0.25, -0.2) is 15.0 Å². The van der Waals surface area contributed by atoms with Gasteiger partial charge in [0.2, 0.25) is 0 Å². The Labute approximate surface area is 165 Å². The molecule has 0 saturated heterocycles. The molecule has 0 spiro atoms. The fourth-order valence-corrected chi connectivity index (χ4v) is 2.73. The Morgan fingerprint density at radius 2 is 1.88 bits per heavy atom. The number of amides is 1. The predicted octanol–water partition coefficient (Wildman–Crippen LogP) is 2.73. The van der Waals surface area contributed by atoms with Crippen LogP contribution in [0.25, 0.3) is 5.82 Å². The highest BCUT2D eigenvalue weighted by atomic mass is 127. The summed E-state index contributed by atoms with van der Waals surface area (Å²) in [7, 11) is 0. The van der Waals surface area contributed by atoms with Crippen molar-refractivity contribution in [2.75, 3.05) is 18.4 Å². The van der Waals surface area contributed by atoms with E-state index in [1.165, 1.54) is 6.33 Å². The second kappa shape index (κ2) is 8.26. The van der Waals surface area contributed by atoms with E-state index in [4.69, 9.17) is 0 Å². The van der Waals surface area contributed by atoms with Gasteiger partial charge >= 0.3 is 0 Å². The maximum atomic E-state index is 12.1. The van der Waals surface area contributed by atoms with Crippen LogP contribution < -0.4 is 10.6 Å². The van der Waals surface area contributed by atoms with Gasteiger partial charge in [0.25, 0.3) is 5.91 Å². The summed E-state index contributed by atoms with van der Waals surface area (Å²) in [4.78, 5) is 24.9. The Morgan fingerprint density at radius 1 is 1.12 bits per heavy atom. The smallest absolute Gasteiger partial charge is 0.251 e. The summed E-state index contributed by atoms with van der Waals surface area (Å²) in [6.45, 7) is 5.02. The van der Waals surface area contributed by atoms with Gasteiger partial charge in [-0.2, -0.15) is 0 Å². The van der Waals surface area contributed by atoms with Crippen LogP contribution >= 0.6 is 22.6 Å². The molecule has 1 aromatic carbocycles.